The molecular formula is C21H17N3O3S2. The molecule has 0 aliphatic carbocycles. The van der Waals surface area contributed by atoms with E-state index < -0.39 is 5.63 Å². The Hall–Kier alpha value is -2.97. The van der Waals surface area contributed by atoms with Gasteiger partial charge >= 0.3 is 5.63 Å². The fraction of sp³-hybridized carbons (Fsp3) is 0.190. The topological polar surface area (TPSA) is 72.4 Å². The van der Waals surface area contributed by atoms with Crippen LogP contribution in [0.2, 0.25) is 0 Å². The van der Waals surface area contributed by atoms with Gasteiger partial charge in [0, 0.05) is 39.6 Å². The number of hydrogen-bond acceptors (Lipinski definition) is 8. The zero-order valence-corrected chi connectivity index (χ0v) is 17.5. The van der Waals surface area contributed by atoms with Crippen LogP contribution in [0.4, 0.5) is 5.69 Å². The van der Waals surface area contributed by atoms with Crippen LogP contribution in [0.3, 0.4) is 0 Å². The second kappa shape index (κ2) is 7.13. The molecule has 0 radical (unpaired) electrons. The van der Waals surface area contributed by atoms with Crippen molar-refractivity contribution >= 4 is 48.7 Å². The van der Waals surface area contributed by atoms with E-state index in [0.29, 0.717) is 11.5 Å². The summed E-state index contributed by atoms with van der Waals surface area (Å²) in [5.74, 6) is 0.574. The smallest absolute Gasteiger partial charge is 0.349 e. The maximum Gasteiger partial charge on any atom is 0.349 e. The Morgan fingerprint density at radius 1 is 0.966 bits per heavy atom. The second-order valence-electron chi connectivity index (χ2n) is 6.51. The van der Waals surface area contributed by atoms with Crippen LogP contribution < -0.4 is 10.5 Å². The quantitative estimate of drug-likeness (QED) is 0.341. The molecule has 0 saturated heterocycles. The highest BCUT2D eigenvalue weighted by Gasteiger charge is 2.18. The van der Waals surface area contributed by atoms with Crippen LogP contribution in [0.5, 0.6) is 0 Å². The molecule has 0 aliphatic rings. The Morgan fingerprint density at radius 3 is 2.59 bits per heavy atom. The van der Waals surface area contributed by atoms with E-state index in [1.165, 1.54) is 9.40 Å². The van der Waals surface area contributed by atoms with E-state index in [1.807, 2.05) is 24.3 Å². The van der Waals surface area contributed by atoms with Gasteiger partial charge in [0.1, 0.15) is 11.1 Å². The molecule has 6 nitrogen and oxygen atoms in total. The van der Waals surface area contributed by atoms with E-state index in [1.54, 1.807) is 28.7 Å². The summed E-state index contributed by atoms with van der Waals surface area (Å²) in [4.78, 5) is 15.7. The van der Waals surface area contributed by atoms with Crippen LogP contribution in [0.15, 0.2) is 55.4 Å². The predicted octanol–water partition coefficient (Wildman–Crippen LogP) is 5.63. The average Bonchev–Trinajstić information content (AvgIpc) is 3.44. The number of thiophene rings is 2. The number of hydrogen-bond donors (Lipinski definition) is 0. The minimum absolute atomic E-state index is 0.167. The van der Waals surface area contributed by atoms with Gasteiger partial charge in [-0.05, 0) is 49.6 Å². The second-order valence-corrected chi connectivity index (χ2v) is 8.55. The lowest BCUT2D eigenvalue weighted by Gasteiger charge is -2.20. The van der Waals surface area contributed by atoms with E-state index >= 15 is 0 Å². The molecule has 0 unspecified atom stereocenters. The van der Waals surface area contributed by atoms with Crippen LogP contribution in [0.25, 0.3) is 42.6 Å². The van der Waals surface area contributed by atoms with Gasteiger partial charge in [0.05, 0.1) is 4.88 Å². The van der Waals surface area contributed by atoms with Gasteiger partial charge in [-0.1, -0.05) is 0 Å². The average molecular weight is 424 g/mol. The van der Waals surface area contributed by atoms with E-state index in [0.717, 1.165) is 29.0 Å². The first kappa shape index (κ1) is 18.1. The largest absolute Gasteiger partial charge is 0.422 e. The molecule has 0 saturated carbocycles. The molecule has 4 heterocycles. The molecule has 146 valence electrons. The first-order valence-electron chi connectivity index (χ1n) is 9.30. The maximum atomic E-state index is 12.6. The number of benzene rings is 1. The van der Waals surface area contributed by atoms with Crippen LogP contribution in [0.1, 0.15) is 13.8 Å². The van der Waals surface area contributed by atoms with Gasteiger partial charge in [0.2, 0.25) is 0 Å². The van der Waals surface area contributed by atoms with Crippen LogP contribution in [-0.2, 0) is 0 Å². The molecule has 4 aromatic heterocycles. The Kier molecular flexibility index (Phi) is 4.44. The Morgan fingerprint density at radius 2 is 1.79 bits per heavy atom. The number of rotatable bonds is 5. The Bertz CT molecular complexity index is 1350. The van der Waals surface area contributed by atoms with Gasteiger partial charge < -0.3 is 13.7 Å². The highest BCUT2D eigenvalue weighted by atomic mass is 32.1. The molecule has 0 spiro atoms. The molecule has 0 fully saturated rings. The lowest BCUT2D eigenvalue weighted by atomic mass is 10.1. The summed E-state index contributed by atoms with van der Waals surface area (Å²) in [7, 11) is 0. The number of nitrogens with zero attached hydrogens (tertiary/aromatic N) is 3. The normalized spacial score (nSPS) is 11.5. The van der Waals surface area contributed by atoms with Crippen molar-refractivity contribution in [1.82, 2.24) is 10.2 Å². The van der Waals surface area contributed by atoms with Crippen molar-refractivity contribution < 1.29 is 8.83 Å². The van der Waals surface area contributed by atoms with E-state index in [9.17, 15) is 4.79 Å². The number of anilines is 1. The zero-order chi connectivity index (χ0) is 20.0. The van der Waals surface area contributed by atoms with E-state index in [-0.39, 0.29) is 11.5 Å². The summed E-state index contributed by atoms with van der Waals surface area (Å²) < 4.78 is 13.7. The summed E-state index contributed by atoms with van der Waals surface area (Å²) in [6, 6.07) is 11.7. The standard InChI is InChI=1S/C21H17N3O3S2/c1-3-24(4-2)13-6-5-12-9-14(21(25)26-15(12)10-13)19-22-23-20(27-19)18-11-17-16(29-18)7-8-28-17/h5-11H,3-4H2,1-2H3. The lowest BCUT2D eigenvalue weighted by molar-refractivity contribution is 0.547. The lowest BCUT2D eigenvalue weighted by Crippen LogP contribution is -2.21. The van der Waals surface area contributed by atoms with Crippen molar-refractivity contribution in [1.29, 1.82) is 0 Å². The van der Waals surface area contributed by atoms with E-state index in [2.05, 4.69) is 40.4 Å². The number of fused-ring (bicyclic) bond motifs is 2. The van der Waals surface area contributed by atoms with E-state index in [4.69, 9.17) is 8.83 Å². The molecule has 0 N–H and O–H groups in total. The van der Waals surface area contributed by atoms with Crippen LogP contribution in [-0.4, -0.2) is 23.3 Å². The molecule has 0 atom stereocenters. The third-order valence-corrected chi connectivity index (χ3v) is 6.94. The third kappa shape index (κ3) is 3.14. The van der Waals surface area contributed by atoms with Crippen molar-refractivity contribution in [3.8, 4) is 22.2 Å². The first-order chi connectivity index (χ1) is 14.2. The maximum absolute atomic E-state index is 12.6. The van der Waals surface area contributed by atoms with Crippen molar-refractivity contribution in [2.24, 2.45) is 0 Å². The molecule has 0 bridgehead atoms. The highest BCUT2D eigenvalue weighted by molar-refractivity contribution is 7.28. The zero-order valence-electron chi connectivity index (χ0n) is 15.8. The minimum atomic E-state index is -0.489. The van der Waals surface area contributed by atoms with Crippen LogP contribution in [0, 0.1) is 0 Å². The predicted molar refractivity (Wildman–Crippen MR) is 118 cm³/mol. The third-order valence-electron chi connectivity index (χ3n) is 4.85. The fourth-order valence-corrected chi connectivity index (χ4v) is 5.37. The summed E-state index contributed by atoms with van der Waals surface area (Å²) >= 11 is 3.26. The first-order valence-corrected chi connectivity index (χ1v) is 11.0. The summed E-state index contributed by atoms with van der Waals surface area (Å²) in [6.45, 7) is 5.96. The highest BCUT2D eigenvalue weighted by Crippen LogP contribution is 2.36. The molecule has 1 aromatic carbocycles. The van der Waals surface area contributed by atoms with Crippen molar-refractivity contribution in [3.05, 3.63) is 52.2 Å². The molecule has 0 aliphatic heterocycles. The van der Waals surface area contributed by atoms with Crippen molar-refractivity contribution in [2.45, 2.75) is 13.8 Å². The van der Waals surface area contributed by atoms with Crippen molar-refractivity contribution in [3.63, 3.8) is 0 Å². The van der Waals surface area contributed by atoms with Gasteiger partial charge in [-0.25, -0.2) is 4.79 Å². The van der Waals surface area contributed by atoms with Gasteiger partial charge in [-0.3, -0.25) is 0 Å². The Balaban J connectivity index is 1.54. The number of aromatic nitrogens is 2. The minimum Gasteiger partial charge on any atom is -0.422 e. The molecular weight excluding hydrogens is 406 g/mol. The summed E-state index contributed by atoms with van der Waals surface area (Å²) in [6.07, 6.45) is 0. The molecule has 29 heavy (non-hydrogen) atoms. The molecule has 8 heteroatoms. The fourth-order valence-electron chi connectivity index (χ4n) is 3.34. The monoisotopic (exact) mass is 423 g/mol. The van der Waals surface area contributed by atoms with Gasteiger partial charge in [0.25, 0.3) is 11.8 Å². The Labute approximate surface area is 174 Å². The SMILES string of the molecule is CCN(CC)c1ccc2cc(-c3nnc(-c4cc5sccc5s4)o3)c(=O)oc2c1. The summed E-state index contributed by atoms with van der Waals surface area (Å²) in [5, 5.41) is 11.1. The molecule has 5 aromatic rings. The molecule has 0 amide bonds. The van der Waals surface area contributed by atoms with Gasteiger partial charge in [-0.15, -0.1) is 32.9 Å². The van der Waals surface area contributed by atoms with Crippen molar-refractivity contribution in [2.75, 3.05) is 18.0 Å². The summed E-state index contributed by atoms with van der Waals surface area (Å²) in [5.41, 5.74) is 1.35. The van der Waals surface area contributed by atoms with Gasteiger partial charge in [0.15, 0.2) is 0 Å². The molecule has 5 rings (SSSR count). The van der Waals surface area contributed by atoms with Crippen LogP contribution >= 0.6 is 22.7 Å². The van der Waals surface area contributed by atoms with Gasteiger partial charge in [-0.2, -0.15) is 0 Å².